The zero-order valence-corrected chi connectivity index (χ0v) is 15.4. The molecule has 2 aromatic carbocycles. The number of rotatable bonds is 8. The van der Waals surface area contributed by atoms with E-state index in [1.54, 1.807) is 24.3 Å². The van der Waals surface area contributed by atoms with Gasteiger partial charge in [0.05, 0.1) is 0 Å². The normalized spacial score (nSPS) is 11.0. The Morgan fingerprint density at radius 2 is 1.48 bits per heavy atom. The van der Waals surface area contributed by atoms with Crippen molar-refractivity contribution in [3.05, 3.63) is 60.7 Å². The fourth-order valence-electron chi connectivity index (χ4n) is 1.72. The van der Waals surface area contributed by atoms with Gasteiger partial charge >= 0.3 is 7.60 Å². The van der Waals surface area contributed by atoms with Crippen molar-refractivity contribution >= 4 is 35.5 Å². The van der Waals surface area contributed by atoms with Crippen molar-refractivity contribution in [1.82, 2.24) is 0 Å². The highest BCUT2D eigenvalue weighted by Crippen LogP contribution is 2.53. The van der Waals surface area contributed by atoms with Crippen molar-refractivity contribution in [2.75, 3.05) is 5.75 Å². The lowest BCUT2D eigenvalue weighted by atomic mass is 10.3. The van der Waals surface area contributed by atoms with Crippen molar-refractivity contribution in [3.63, 3.8) is 0 Å². The molecule has 0 N–H and O–H groups in total. The van der Waals surface area contributed by atoms with Crippen molar-refractivity contribution in [2.24, 2.45) is 0 Å². The zero-order valence-electron chi connectivity index (χ0n) is 12.9. The molecule has 0 fully saturated rings. The standard InChI is InChI=1S/C17H19O3PS2/c1-2-3-14-23-17(22)21(18,19-15-10-6-4-7-11-15)20-16-12-8-5-9-13-16/h4-13H,2-3,14H2,1H3. The third-order valence-corrected chi connectivity index (χ3v) is 7.06. The lowest BCUT2D eigenvalue weighted by Crippen LogP contribution is -2.08. The molecule has 0 amide bonds. The monoisotopic (exact) mass is 366 g/mol. The maximum absolute atomic E-state index is 13.2. The smallest absolute Gasteiger partial charge is 0.412 e. The first-order valence-corrected chi connectivity index (χ1v) is 10.3. The molecule has 0 aliphatic heterocycles. The quantitative estimate of drug-likeness (QED) is 0.318. The summed E-state index contributed by atoms with van der Waals surface area (Å²) in [4.78, 5) is 0. The van der Waals surface area contributed by atoms with E-state index in [2.05, 4.69) is 6.92 Å². The third-order valence-electron chi connectivity index (χ3n) is 2.88. The summed E-state index contributed by atoms with van der Waals surface area (Å²) in [6.45, 7) is 2.10. The van der Waals surface area contributed by atoms with Crippen LogP contribution in [0.1, 0.15) is 19.8 Å². The number of benzene rings is 2. The molecule has 122 valence electrons. The Kier molecular flexibility index (Phi) is 7.15. The average Bonchev–Trinajstić information content (AvgIpc) is 2.56. The van der Waals surface area contributed by atoms with Crippen LogP contribution in [0.2, 0.25) is 0 Å². The summed E-state index contributed by atoms with van der Waals surface area (Å²) in [7, 11) is -3.60. The summed E-state index contributed by atoms with van der Waals surface area (Å²) >= 11 is 6.72. The SMILES string of the molecule is CCCCSC(=S)P(=O)(Oc1ccccc1)Oc1ccccc1. The molecule has 0 bridgehead atoms. The second-order valence-electron chi connectivity index (χ2n) is 4.77. The van der Waals surface area contributed by atoms with Gasteiger partial charge in [-0.3, -0.25) is 0 Å². The Morgan fingerprint density at radius 3 is 1.91 bits per heavy atom. The van der Waals surface area contributed by atoms with E-state index in [-0.39, 0.29) is 3.94 Å². The highest BCUT2D eigenvalue weighted by molar-refractivity contribution is 8.35. The average molecular weight is 366 g/mol. The van der Waals surface area contributed by atoms with E-state index in [1.807, 2.05) is 36.4 Å². The van der Waals surface area contributed by atoms with E-state index in [0.29, 0.717) is 11.5 Å². The molecule has 0 saturated carbocycles. The lowest BCUT2D eigenvalue weighted by Gasteiger charge is -2.20. The van der Waals surface area contributed by atoms with Gasteiger partial charge in [-0.05, 0) is 36.4 Å². The molecule has 0 unspecified atom stereocenters. The molecular formula is C17H19O3PS2. The summed E-state index contributed by atoms with van der Waals surface area (Å²) in [6, 6.07) is 17.9. The fourth-order valence-corrected chi connectivity index (χ4v) is 4.91. The summed E-state index contributed by atoms with van der Waals surface area (Å²) in [5, 5.41) is 0. The van der Waals surface area contributed by atoms with E-state index in [1.165, 1.54) is 11.8 Å². The number of hydrogen-bond acceptors (Lipinski definition) is 5. The minimum absolute atomic E-state index is 0.263. The van der Waals surface area contributed by atoms with E-state index >= 15 is 0 Å². The maximum Gasteiger partial charge on any atom is 0.480 e. The van der Waals surface area contributed by atoms with Crippen LogP contribution in [0.5, 0.6) is 11.5 Å². The number of unbranched alkanes of at least 4 members (excludes halogenated alkanes) is 1. The van der Waals surface area contributed by atoms with Gasteiger partial charge in [-0.15, -0.1) is 11.8 Å². The predicted octanol–water partition coefficient (Wildman–Crippen LogP) is 6.16. The van der Waals surface area contributed by atoms with Crippen LogP contribution in [0.3, 0.4) is 0 Å². The third kappa shape index (κ3) is 5.69. The number of hydrogen-bond donors (Lipinski definition) is 0. The van der Waals surface area contributed by atoms with Crippen LogP contribution in [0.4, 0.5) is 0 Å². The first-order valence-electron chi connectivity index (χ1n) is 7.40. The summed E-state index contributed by atoms with van der Waals surface area (Å²) in [5.74, 6) is 1.76. The van der Waals surface area contributed by atoms with Crippen LogP contribution in [0.15, 0.2) is 60.7 Å². The Bertz CT molecular complexity index is 617. The second-order valence-corrected chi connectivity index (χ2v) is 8.96. The Hall–Kier alpha value is -1.29. The van der Waals surface area contributed by atoms with Gasteiger partial charge in [-0.25, -0.2) is 4.57 Å². The highest BCUT2D eigenvalue weighted by atomic mass is 32.2. The largest absolute Gasteiger partial charge is 0.480 e. The molecule has 6 heteroatoms. The molecule has 2 aromatic rings. The first kappa shape index (κ1) is 18.1. The van der Waals surface area contributed by atoms with Crippen molar-refractivity contribution in [1.29, 1.82) is 0 Å². The number of para-hydroxylation sites is 2. The number of thioether (sulfide) groups is 1. The second kappa shape index (κ2) is 9.11. The van der Waals surface area contributed by atoms with Gasteiger partial charge in [0.2, 0.25) is 0 Å². The Balaban J connectivity index is 2.19. The van der Waals surface area contributed by atoms with Crippen LogP contribution in [0.25, 0.3) is 0 Å². The lowest BCUT2D eigenvalue weighted by molar-refractivity contribution is 0.404. The van der Waals surface area contributed by atoms with Crippen LogP contribution >= 0.6 is 31.6 Å². The molecule has 0 heterocycles. The van der Waals surface area contributed by atoms with E-state index in [9.17, 15) is 4.57 Å². The fraction of sp³-hybridized carbons (Fsp3) is 0.235. The minimum atomic E-state index is -3.60. The molecular weight excluding hydrogens is 347 g/mol. The Morgan fingerprint density at radius 1 is 1.00 bits per heavy atom. The van der Waals surface area contributed by atoms with Gasteiger partial charge in [0.1, 0.15) is 11.5 Å². The van der Waals surface area contributed by atoms with Crippen LogP contribution in [0, 0.1) is 0 Å². The topological polar surface area (TPSA) is 35.5 Å². The molecule has 0 saturated heterocycles. The van der Waals surface area contributed by atoms with Gasteiger partial charge in [-0.2, -0.15) is 0 Å². The summed E-state index contributed by atoms with van der Waals surface area (Å²) < 4.78 is 24.8. The van der Waals surface area contributed by atoms with Crippen LogP contribution in [-0.4, -0.2) is 9.69 Å². The molecule has 23 heavy (non-hydrogen) atoms. The van der Waals surface area contributed by atoms with Gasteiger partial charge < -0.3 is 9.05 Å². The van der Waals surface area contributed by atoms with Crippen molar-refractivity contribution < 1.29 is 13.6 Å². The molecule has 0 radical (unpaired) electrons. The summed E-state index contributed by atoms with van der Waals surface area (Å²) in [5.41, 5.74) is 0. The van der Waals surface area contributed by atoms with Gasteiger partial charge in [0.15, 0.2) is 3.94 Å². The predicted molar refractivity (Wildman–Crippen MR) is 102 cm³/mol. The Labute approximate surface area is 146 Å². The molecule has 2 rings (SSSR count). The van der Waals surface area contributed by atoms with Gasteiger partial charge in [0.25, 0.3) is 0 Å². The molecule has 0 spiro atoms. The molecule has 3 nitrogen and oxygen atoms in total. The number of thiocarbonyl (C=S) groups is 1. The minimum Gasteiger partial charge on any atom is -0.412 e. The first-order chi connectivity index (χ1) is 11.1. The van der Waals surface area contributed by atoms with E-state index in [0.717, 1.165) is 18.6 Å². The van der Waals surface area contributed by atoms with Gasteiger partial charge in [0, 0.05) is 0 Å². The molecule has 0 aliphatic carbocycles. The molecule has 0 aliphatic rings. The van der Waals surface area contributed by atoms with E-state index in [4.69, 9.17) is 21.3 Å². The van der Waals surface area contributed by atoms with E-state index < -0.39 is 7.60 Å². The summed E-state index contributed by atoms with van der Waals surface area (Å²) in [6.07, 6.45) is 2.06. The van der Waals surface area contributed by atoms with Crippen molar-refractivity contribution in [2.45, 2.75) is 19.8 Å². The van der Waals surface area contributed by atoms with Gasteiger partial charge in [-0.1, -0.05) is 62.0 Å². The maximum atomic E-state index is 13.2. The van der Waals surface area contributed by atoms with Crippen LogP contribution < -0.4 is 9.05 Å². The van der Waals surface area contributed by atoms with Crippen molar-refractivity contribution in [3.8, 4) is 11.5 Å². The molecule has 0 atom stereocenters. The zero-order chi connectivity index (χ0) is 16.5. The van der Waals surface area contributed by atoms with Crippen LogP contribution in [-0.2, 0) is 4.57 Å². The highest BCUT2D eigenvalue weighted by Gasteiger charge is 2.34. The molecule has 0 aromatic heterocycles.